The molecule has 0 saturated heterocycles. The van der Waals surface area contributed by atoms with Gasteiger partial charge in [0.15, 0.2) is 0 Å². The Morgan fingerprint density at radius 2 is 1.96 bits per heavy atom. The molecule has 1 saturated carbocycles. The summed E-state index contributed by atoms with van der Waals surface area (Å²) in [7, 11) is 1.63. The fraction of sp³-hybridized carbons (Fsp3) is 0.476. The first-order chi connectivity index (χ1) is 13.0. The molecule has 0 bridgehead atoms. The van der Waals surface area contributed by atoms with Gasteiger partial charge in [-0.2, -0.15) is 0 Å². The Hall–Kier alpha value is -2.47. The molecule has 2 heterocycles. The number of carbonyl (C=O) groups is 1. The van der Waals surface area contributed by atoms with Gasteiger partial charge >= 0.3 is 0 Å². The van der Waals surface area contributed by atoms with Crippen LogP contribution in [0.3, 0.4) is 0 Å². The first-order valence-electron chi connectivity index (χ1n) is 9.52. The maximum Gasteiger partial charge on any atom is 0.242 e. The van der Waals surface area contributed by atoms with Crippen LogP contribution in [-0.2, 0) is 4.79 Å². The number of amides is 1. The van der Waals surface area contributed by atoms with Crippen LogP contribution in [0.4, 0.5) is 5.82 Å². The zero-order chi connectivity index (χ0) is 19.4. The van der Waals surface area contributed by atoms with Gasteiger partial charge < -0.3 is 15.8 Å². The van der Waals surface area contributed by atoms with Crippen LogP contribution >= 0.6 is 0 Å². The summed E-state index contributed by atoms with van der Waals surface area (Å²) in [6.07, 6.45) is 7.79. The Balaban J connectivity index is 1.67. The van der Waals surface area contributed by atoms with Gasteiger partial charge in [0, 0.05) is 23.5 Å². The first-order valence-corrected chi connectivity index (χ1v) is 9.52. The maximum atomic E-state index is 12.5. The highest BCUT2D eigenvalue weighted by Crippen LogP contribution is 2.32. The van der Waals surface area contributed by atoms with Crippen LogP contribution < -0.4 is 15.8 Å². The molecule has 1 fully saturated rings. The van der Waals surface area contributed by atoms with Crippen molar-refractivity contribution in [3.8, 4) is 16.9 Å². The molecule has 0 aromatic carbocycles. The molecule has 1 aliphatic carbocycles. The van der Waals surface area contributed by atoms with Gasteiger partial charge in [-0.3, -0.25) is 9.78 Å². The van der Waals surface area contributed by atoms with Gasteiger partial charge in [-0.05, 0) is 49.8 Å². The highest BCUT2D eigenvalue weighted by molar-refractivity contribution is 5.94. The molecule has 6 nitrogen and oxygen atoms in total. The SMILES string of the molecule is COc1c(-c2ccc(NC(=O)[C@@H](N)C3CCC(C)CC3)nc2)ccnc1C. The van der Waals surface area contributed by atoms with E-state index >= 15 is 0 Å². The number of anilines is 1. The van der Waals surface area contributed by atoms with E-state index in [2.05, 4.69) is 22.2 Å². The molecule has 144 valence electrons. The molecular formula is C21H28N4O2. The number of nitrogens with two attached hydrogens (primary N) is 1. The zero-order valence-electron chi connectivity index (χ0n) is 16.2. The van der Waals surface area contributed by atoms with Gasteiger partial charge in [0.05, 0.1) is 18.8 Å². The van der Waals surface area contributed by atoms with Crippen molar-refractivity contribution in [1.29, 1.82) is 0 Å². The second kappa shape index (κ2) is 8.48. The van der Waals surface area contributed by atoms with Crippen molar-refractivity contribution in [2.24, 2.45) is 17.6 Å². The van der Waals surface area contributed by atoms with Gasteiger partial charge in [0.25, 0.3) is 0 Å². The van der Waals surface area contributed by atoms with Crippen LogP contribution in [0, 0.1) is 18.8 Å². The summed E-state index contributed by atoms with van der Waals surface area (Å²) in [5, 5.41) is 2.85. The van der Waals surface area contributed by atoms with Crippen molar-refractivity contribution in [3.63, 3.8) is 0 Å². The summed E-state index contributed by atoms with van der Waals surface area (Å²) in [6.45, 7) is 4.16. The lowest BCUT2D eigenvalue weighted by molar-refractivity contribution is -0.118. The topological polar surface area (TPSA) is 90.1 Å². The van der Waals surface area contributed by atoms with Gasteiger partial charge in [0.2, 0.25) is 5.91 Å². The van der Waals surface area contributed by atoms with Crippen LogP contribution in [0.5, 0.6) is 5.75 Å². The smallest absolute Gasteiger partial charge is 0.242 e. The van der Waals surface area contributed by atoms with Gasteiger partial charge in [0.1, 0.15) is 11.6 Å². The summed E-state index contributed by atoms with van der Waals surface area (Å²) in [6, 6.07) is 5.11. The Morgan fingerprint density at radius 1 is 1.22 bits per heavy atom. The summed E-state index contributed by atoms with van der Waals surface area (Å²) < 4.78 is 5.45. The van der Waals surface area contributed by atoms with Crippen molar-refractivity contribution in [1.82, 2.24) is 9.97 Å². The van der Waals surface area contributed by atoms with Crippen molar-refractivity contribution >= 4 is 11.7 Å². The number of pyridine rings is 2. The van der Waals surface area contributed by atoms with Crippen LogP contribution in [0.15, 0.2) is 30.6 Å². The number of hydrogen-bond donors (Lipinski definition) is 2. The average molecular weight is 368 g/mol. The molecule has 1 aliphatic rings. The van der Waals surface area contributed by atoms with Crippen LogP contribution in [0.25, 0.3) is 11.1 Å². The van der Waals surface area contributed by atoms with Crippen LogP contribution in [-0.4, -0.2) is 29.0 Å². The number of aromatic nitrogens is 2. The molecule has 0 spiro atoms. The molecule has 27 heavy (non-hydrogen) atoms. The predicted octanol–water partition coefficient (Wildman–Crippen LogP) is 3.55. The van der Waals surface area contributed by atoms with Crippen molar-refractivity contribution < 1.29 is 9.53 Å². The fourth-order valence-corrected chi connectivity index (χ4v) is 3.73. The van der Waals surface area contributed by atoms with Gasteiger partial charge in [-0.25, -0.2) is 4.98 Å². The first kappa shape index (κ1) is 19.3. The van der Waals surface area contributed by atoms with E-state index in [1.165, 1.54) is 0 Å². The summed E-state index contributed by atoms with van der Waals surface area (Å²) in [5.74, 6) is 2.06. The number of methoxy groups -OCH3 is 1. The van der Waals surface area contributed by atoms with E-state index in [1.807, 2.05) is 19.1 Å². The predicted molar refractivity (Wildman–Crippen MR) is 106 cm³/mol. The number of ether oxygens (including phenoxy) is 1. The number of rotatable bonds is 5. The molecule has 3 rings (SSSR count). The molecule has 0 aliphatic heterocycles. The van der Waals surface area contributed by atoms with E-state index in [0.717, 1.165) is 54.2 Å². The summed E-state index contributed by atoms with van der Waals surface area (Å²) in [4.78, 5) is 21.1. The number of nitrogens with zero attached hydrogens (tertiary/aromatic N) is 2. The minimum absolute atomic E-state index is 0.160. The van der Waals surface area contributed by atoms with Crippen molar-refractivity contribution in [2.75, 3.05) is 12.4 Å². The number of aryl methyl sites for hydroxylation is 1. The molecule has 3 N–H and O–H groups in total. The van der Waals surface area contributed by atoms with Crippen molar-refractivity contribution in [3.05, 3.63) is 36.3 Å². The van der Waals surface area contributed by atoms with Gasteiger partial charge in [-0.1, -0.05) is 19.8 Å². The molecule has 2 aromatic heterocycles. The monoisotopic (exact) mass is 368 g/mol. The van der Waals surface area contributed by atoms with Crippen LogP contribution in [0.2, 0.25) is 0 Å². The van der Waals surface area contributed by atoms with E-state index in [1.54, 1.807) is 25.6 Å². The van der Waals surface area contributed by atoms with Gasteiger partial charge in [-0.15, -0.1) is 0 Å². The lowest BCUT2D eigenvalue weighted by Gasteiger charge is -2.29. The van der Waals surface area contributed by atoms with E-state index in [4.69, 9.17) is 10.5 Å². The lowest BCUT2D eigenvalue weighted by atomic mass is 9.79. The lowest BCUT2D eigenvalue weighted by Crippen LogP contribution is -2.43. The molecule has 1 amide bonds. The Morgan fingerprint density at radius 3 is 2.59 bits per heavy atom. The minimum Gasteiger partial charge on any atom is -0.494 e. The summed E-state index contributed by atoms with van der Waals surface area (Å²) in [5.41, 5.74) is 8.84. The standard InChI is InChI=1S/C21H28N4O2/c1-13-4-6-15(7-5-13)19(22)21(26)25-18-9-8-16(12-24-18)17-10-11-23-14(2)20(17)27-3/h8-13,15,19H,4-7,22H2,1-3H3,(H,24,25,26)/t13?,15?,19-/m0/s1. The second-order valence-corrected chi connectivity index (χ2v) is 7.44. The van der Waals surface area contributed by atoms with Crippen LogP contribution in [0.1, 0.15) is 38.3 Å². The quantitative estimate of drug-likeness (QED) is 0.842. The zero-order valence-corrected chi connectivity index (χ0v) is 16.2. The average Bonchev–Trinajstić information content (AvgIpc) is 2.68. The summed E-state index contributed by atoms with van der Waals surface area (Å²) >= 11 is 0. The number of hydrogen-bond acceptors (Lipinski definition) is 5. The molecule has 0 unspecified atom stereocenters. The van der Waals surface area contributed by atoms with E-state index < -0.39 is 6.04 Å². The molecule has 2 aromatic rings. The normalized spacial score (nSPS) is 20.7. The molecule has 6 heteroatoms. The highest BCUT2D eigenvalue weighted by Gasteiger charge is 2.28. The maximum absolute atomic E-state index is 12.5. The highest BCUT2D eigenvalue weighted by atomic mass is 16.5. The number of nitrogens with one attached hydrogen (secondary N) is 1. The third-order valence-electron chi connectivity index (χ3n) is 5.48. The largest absolute Gasteiger partial charge is 0.494 e. The fourth-order valence-electron chi connectivity index (χ4n) is 3.73. The Bertz CT molecular complexity index is 783. The molecular weight excluding hydrogens is 340 g/mol. The van der Waals surface area contributed by atoms with E-state index in [9.17, 15) is 4.79 Å². The number of carbonyl (C=O) groups excluding carboxylic acids is 1. The van der Waals surface area contributed by atoms with E-state index in [-0.39, 0.29) is 11.8 Å². The third-order valence-corrected chi connectivity index (χ3v) is 5.48. The minimum atomic E-state index is -0.484. The molecule has 0 radical (unpaired) electrons. The van der Waals surface area contributed by atoms with E-state index in [0.29, 0.717) is 5.82 Å². The third kappa shape index (κ3) is 4.45. The Labute approximate surface area is 160 Å². The van der Waals surface area contributed by atoms with Crippen molar-refractivity contribution in [2.45, 2.75) is 45.6 Å². The second-order valence-electron chi connectivity index (χ2n) is 7.44. The molecule has 1 atom stereocenters. The Kier molecular flexibility index (Phi) is 6.06.